The first kappa shape index (κ1) is 35.7. The molecule has 0 unspecified atom stereocenters. The molecule has 51 heavy (non-hydrogen) atoms. The highest BCUT2D eigenvalue weighted by Crippen LogP contribution is 2.40. The smallest absolute Gasteiger partial charge is 0.303 e. The Kier molecular flexibility index (Phi) is 12.1. The van der Waals surface area contributed by atoms with Crippen LogP contribution in [0.3, 0.4) is 0 Å². The first-order valence-corrected chi connectivity index (χ1v) is 17.7. The number of nitrogens with one attached hydrogen (secondary N) is 1. The van der Waals surface area contributed by atoms with Gasteiger partial charge in [0.2, 0.25) is 11.1 Å². The molecule has 1 fully saturated rings. The molecule has 12 nitrogen and oxygen atoms in total. The molecule has 2 heterocycles. The lowest BCUT2D eigenvalue weighted by molar-refractivity contribution is -0.245. The summed E-state index contributed by atoms with van der Waals surface area (Å²) in [4.78, 5) is 23.1. The number of tetrazole rings is 1. The van der Waals surface area contributed by atoms with E-state index in [9.17, 15) is 19.8 Å². The van der Waals surface area contributed by atoms with Crippen molar-refractivity contribution in [3.63, 3.8) is 0 Å². The quantitative estimate of drug-likeness (QED) is 0.0729. The third-order valence-electron chi connectivity index (χ3n) is 8.58. The van der Waals surface area contributed by atoms with E-state index in [0.29, 0.717) is 36.7 Å². The van der Waals surface area contributed by atoms with Gasteiger partial charge in [0.15, 0.2) is 6.29 Å². The molecule has 1 aliphatic rings. The second kappa shape index (κ2) is 17.2. The highest BCUT2D eigenvalue weighted by Gasteiger charge is 2.33. The molecule has 0 saturated carbocycles. The van der Waals surface area contributed by atoms with Gasteiger partial charge >= 0.3 is 5.97 Å². The number of phenolic OH excluding ortho intramolecular Hbond substituents is 1. The fourth-order valence-corrected chi connectivity index (χ4v) is 6.74. The fraction of sp³-hybridized carbons (Fsp3) is 0.289. The summed E-state index contributed by atoms with van der Waals surface area (Å²) in [6.07, 6.45) is 0.816. The van der Waals surface area contributed by atoms with Crippen molar-refractivity contribution < 1.29 is 34.4 Å². The van der Waals surface area contributed by atoms with Gasteiger partial charge in [-0.15, -0.1) is 5.10 Å². The van der Waals surface area contributed by atoms with Gasteiger partial charge in [0.05, 0.1) is 24.5 Å². The number of aliphatic carboxylic acids is 1. The van der Waals surface area contributed by atoms with Crippen LogP contribution in [0.4, 0.5) is 0 Å². The van der Waals surface area contributed by atoms with Crippen LogP contribution >= 0.6 is 11.8 Å². The number of ether oxygens (including phenoxy) is 2. The van der Waals surface area contributed by atoms with Crippen molar-refractivity contribution in [3.05, 3.63) is 119 Å². The predicted octanol–water partition coefficient (Wildman–Crippen LogP) is 6.13. The maximum atomic E-state index is 12.4. The molecule has 5 aromatic rings. The van der Waals surface area contributed by atoms with Crippen molar-refractivity contribution >= 4 is 23.6 Å². The Morgan fingerprint density at radius 3 is 2.35 bits per heavy atom. The molecular formula is C38H39N5O7S. The summed E-state index contributed by atoms with van der Waals surface area (Å²) in [5.41, 5.74) is 6.32. The van der Waals surface area contributed by atoms with Crippen LogP contribution in [0.1, 0.15) is 66.8 Å². The van der Waals surface area contributed by atoms with Crippen LogP contribution in [0.5, 0.6) is 5.75 Å². The number of rotatable bonds is 15. The summed E-state index contributed by atoms with van der Waals surface area (Å²) in [6.45, 7) is 0.319. The summed E-state index contributed by atoms with van der Waals surface area (Å²) < 4.78 is 14.7. The topological polar surface area (TPSA) is 169 Å². The first-order valence-electron chi connectivity index (χ1n) is 16.7. The monoisotopic (exact) mass is 709 g/mol. The zero-order valence-electron chi connectivity index (χ0n) is 27.8. The van der Waals surface area contributed by atoms with Gasteiger partial charge in [0.25, 0.3) is 0 Å². The number of aromatic hydroxyl groups is 1. The highest BCUT2D eigenvalue weighted by molar-refractivity contribution is 7.99. The molecule has 0 aliphatic carbocycles. The summed E-state index contributed by atoms with van der Waals surface area (Å²) in [6, 6.07) is 30.3. The normalized spacial score (nSPS) is 17.2. The van der Waals surface area contributed by atoms with Gasteiger partial charge in [-0.2, -0.15) is 4.68 Å². The van der Waals surface area contributed by atoms with E-state index in [0.717, 1.165) is 39.1 Å². The van der Waals surface area contributed by atoms with Gasteiger partial charge in [0, 0.05) is 37.1 Å². The number of hydrogen-bond donors (Lipinski definition) is 4. The second-order valence-electron chi connectivity index (χ2n) is 12.2. The van der Waals surface area contributed by atoms with Crippen molar-refractivity contribution in [3.8, 4) is 22.6 Å². The molecule has 0 spiro atoms. The Balaban J connectivity index is 1.15. The zero-order valence-corrected chi connectivity index (χ0v) is 28.6. The van der Waals surface area contributed by atoms with Crippen LogP contribution in [0.25, 0.3) is 16.8 Å². The van der Waals surface area contributed by atoms with E-state index >= 15 is 0 Å². The molecule has 264 valence electrons. The number of carboxylic acid groups (broad SMARTS) is 1. The summed E-state index contributed by atoms with van der Waals surface area (Å²) in [5.74, 6) is -0.251. The Hall–Kier alpha value is -5.08. The van der Waals surface area contributed by atoms with Gasteiger partial charge in [-0.3, -0.25) is 9.59 Å². The van der Waals surface area contributed by atoms with Crippen molar-refractivity contribution in [2.45, 2.75) is 68.9 Å². The number of aliphatic hydroxyl groups is 1. The molecule has 0 bridgehead atoms. The minimum Gasteiger partial charge on any atom is -0.508 e. The number of aliphatic hydroxyl groups excluding tert-OH is 1. The van der Waals surface area contributed by atoms with Gasteiger partial charge < -0.3 is 30.1 Å². The van der Waals surface area contributed by atoms with Crippen molar-refractivity contribution in [1.82, 2.24) is 25.5 Å². The van der Waals surface area contributed by atoms with Crippen molar-refractivity contribution in [1.29, 1.82) is 0 Å². The minimum atomic E-state index is -0.855. The average molecular weight is 710 g/mol. The van der Waals surface area contributed by atoms with Crippen LogP contribution in [-0.2, 0) is 32.2 Å². The standard InChI is InChI=1S/C38H39N5O7S/c44-23-25-9-11-27(12-10-25)34-21-32(24-51-38-40-41-42-43(38)30-17-19-31(45)20-18-30)49-37(50-34)28-15-13-26(14-16-28)33-6-2-1-5-29(33)22-39-35(46)7-3-4-8-36(47)48/h1-2,5-6,9-20,32,34,37,44-45H,3-4,7-8,21-24H2,(H,39,46)(H,47,48)/t32-,34+,37+/m1/s1. The maximum Gasteiger partial charge on any atom is 0.303 e. The van der Waals surface area contributed by atoms with Crippen LogP contribution in [-0.4, -0.2) is 59.3 Å². The van der Waals surface area contributed by atoms with E-state index in [-0.39, 0.29) is 43.3 Å². The van der Waals surface area contributed by atoms with Gasteiger partial charge in [-0.25, -0.2) is 0 Å². The zero-order chi connectivity index (χ0) is 35.6. The molecule has 1 amide bonds. The number of thioether (sulfide) groups is 1. The molecule has 4 N–H and O–H groups in total. The van der Waals surface area contributed by atoms with E-state index in [1.165, 1.54) is 11.8 Å². The summed E-state index contributed by atoms with van der Waals surface area (Å²) >= 11 is 1.47. The lowest BCUT2D eigenvalue weighted by Crippen LogP contribution is -2.31. The number of phenols is 1. The minimum absolute atomic E-state index is 0.0387. The molecule has 13 heteroatoms. The fourth-order valence-electron chi connectivity index (χ4n) is 5.83. The van der Waals surface area contributed by atoms with E-state index in [2.05, 4.69) is 20.8 Å². The van der Waals surface area contributed by atoms with Crippen molar-refractivity contribution in [2.24, 2.45) is 0 Å². The lowest BCUT2D eigenvalue weighted by Gasteiger charge is -2.36. The number of carboxylic acids is 1. The summed E-state index contributed by atoms with van der Waals surface area (Å²) in [5, 5.41) is 43.8. The van der Waals surface area contributed by atoms with E-state index in [4.69, 9.17) is 14.6 Å². The molecule has 0 radical (unpaired) electrons. The Morgan fingerprint density at radius 1 is 0.882 bits per heavy atom. The predicted molar refractivity (Wildman–Crippen MR) is 190 cm³/mol. The molecule has 4 aromatic carbocycles. The van der Waals surface area contributed by atoms with Crippen LogP contribution in [0, 0.1) is 0 Å². The van der Waals surface area contributed by atoms with Gasteiger partial charge in [-0.05, 0) is 75.4 Å². The molecule has 1 saturated heterocycles. The van der Waals surface area contributed by atoms with Crippen LogP contribution < -0.4 is 5.32 Å². The van der Waals surface area contributed by atoms with E-state index < -0.39 is 12.3 Å². The number of carbonyl (C=O) groups is 2. The van der Waals surface area contributed by atoms with Gasteiger partial charge in [0.1, 0.15) is 5.75 Å². The number of carbonyl (C=O) groups excluding carboxylic acids is 1. The average Bonchev–Trinajstić information content (AvgIpc) is 3.64. The number of hydrogen-bond acceptors (Lipinski definition) is 10. The molecule has 1 aliphatic heterocycles. The largest absolute Gasteiger partial charge is 0.508 e. The Bertz CT molecular complexity index is 1900. The Morgan fingerprint density at radius 2 is 1.61 bits per heavy atom. The molecule has 3 atom stereocenters. The van der Waals surface area contributed by atoms with Crippen molar-refractivity contribution in [2.75, 3.05) is 5.75 Å². The van der Waals surface area contributed by atoms with E-state index in [1.807, 2.05) is 72.8 Å². The second-order valence-corrected chi connectivity index (χ2v) is 13.2. The molecule has 1 aromatic heterocycles. The third-order valence-corrected chi connectivity index (χ3v) is 9.63. The number of unbranched alkanes of at least 4 members (excludes halogenated alkanes) is 1. The van der Waals surface area contributed by atoms with Gasteiger partial charge in [-0.1, -0.05) is 84.6 Å². The SMILES string of the molecule is O=C(O)CCCCC(=O)NCc1ccccc1-c1ccc([C@H]2O[C@@H](CSc3nnnn3-c3ccc(O)cc3)C[C@@H](c3ccc(CO)cc3)O2)cc1. The highest BCUT2D eigenvalue weighted by atomic mass is 32.2. The third kappa shape index (κ3) is 9.58. The first-order chi connectivity index (χ1) is 24.9. The summed E-state index contributed by atoms with van der Waals surface area (Å²) in [7, 11) is 0. The number of nitrogens with zero attached hydrogens (tertiary/aromatic N) is 4. The van der Waals surface area contributed by atoms with Crippen LogP contribution in [0.15, 0.2) is 102 Å². The number of amides is 1. The maximum absolute atomic E-state index is 12.4. The van der Waals surface area contributed by atoms with Crippen LogP contribution in [0.2, 0.25) is 0 Å². The molecular weight excluding hydrogens is 671 g/mol. The number of benzene rings is 4. The Labute approximate surface area is 299 Å². The number of aromatic nitrogens is 4. The lowest BCUT2D eigenvalue weighted by atomic mass is 9.97. The molecule has 6 rings (SSSR count). The van der Waals surface area contributed by atoms with E-state index in [1.54, 1.807) is 28.9 Å².